The molecule has 1 unspecified atom stereocenters. The maximum Gasteiger partial charge on any atom is 0.315 e. The van der Waals surface area contributed by atoms with E-state index in [4.69, 9.17) is 10.5 Å². The van der Waals surface area contributed by atoms with E-state index >= 15 is 0 Å². The molecule has 1 aromatic carbocycles. The first-order valence-corrected chi connectivity index (χ1v) is 7.26. The molecule has 1 aromatic rings. The van der Waals surface area contributed by atoms with Gasteiger partial charge in [0.2, 0.25) is 0 Å². The molecule has 21 heavy (non-hydrogen) atoms. The molecule has 0 amide bonds. The lowest BCUT2D eigenvalue weighted by atomic mass is 10.2. The molecule has 0 aromatic heterocycles. The third-order valence-corrected chi connectivity index (χ3v) is 4.29. The van der Waals surface area contributed by atoms with Gasteiger partial charge in [0.15, 0.2) is 0 Å². The van der Waals surface area contributed by atoms with Crippen molar-refractivity contribution in [3.63, 3.8) is 0 Å². The molecule has 2 N–H and O–H groups in total. The third kappa shape index (κ3) is 2.79. The zero-order valence-corrected chi connectivity index (χ0v) is 11.9. The number of nitro benzene ring substituents is 1. The second-order valence-corrected chi connectivity index (χ2v) is 5.51. The Kier molecular flexibility index (Phi) is 3.94. The van der Waals surface area contributed by atoms with Gasteiger partial charge < -0.3 is 15.4 Å². The van der Waals surface area contributed by atoms with Crippen LogP contribution in [0, 0.1) is 10.1 Å². The molecule has 0 bridgehead atoms. The predicted molar refractivity (Wildman–Crippen MR) is 80.5 cm³/mol. The number of rotatable bonds is 3. The molecule has 2 fully saturated rings. The van der Waals surface area contributed by atoms with Crippen LogP contribution in [0.5, 0.6) is 0 Å². The summed E-state index contributed by atoms with van der Waals surface area (Å²) in [6.07, 6.45) is 1.02. The Labute approximate surface area is 123 Å². The van der Waals surface area contributed by atoms with Crippen molar-refractivity contribution in [3.05, 3.63) is 28.3 Å². The lowest BCUT2D eigenvalue weighted by Gasteiger charge is -2.32. The summed E-state index contributed by atoms with van der Waals surface area (Å²) in [7, 11) is 0. The van der Waals surface area contributed by atoms with E-state index in [9.17, 15) is 10.1 Å². The van der Waals surface area contributed by atoms with E-state index in [1.54, 1.807) is 18.2 Å². The van der Waals surface area contributed by atoms with E-state index in [0.717, 1.165) is 45.8 Å². The second kappa shape index (κ2) is 5.87. The molecule has 7 heteroatoms. The minimum absolute atomic E-state index is 0.0279. The SMILES string of the molecule is Nc1cccc(N2CCC(N3CCOCC3)C2)c1[N+](=O)[O-]. The Morgan fingerprint density at radius 3 is 2.76 bits per heavy atom. The van der Waals surface area contributed by atoms with Gasteiger partial charge in [-0.25, -0.2) is 0 Å². The van der Waals surface area contributed by atoms with Crippen LogP contribution >= 0.6 is 0 Å². The first-order valence-electron chi connectivity index (χ1n) is 7.26. The summed E-state index contributed by atoms with van der Waals surface area (Å²) < 4.78 is 5.38. The predicted octanol–water partition coefficient (Wildman–Crippen LogP) is 1.09. The van der Waals surface area contributed by atoms with E-state index in [0.29, 0.717) is 11.7 Å². The molecule has 2 saturated heterocycles. The van der Waals surface area contributed by atoms with Crippen LogP contribution in [0.3, 0.4) is 0 Å². The monoisotopic (exact) mass is 292 g/mol. The molecule has 7 nitrogen and oxygen atoms in total. The number of hydrogen-bond acceptors (Lipinski definition) is 6. The zero-order valence-electron chi connectivity index (χ0n) is 11.9. The summed E-state index contributed by atoms with van der Waals surface area (Å²) in [5.74, 6) is 0. The molecular weight excluding hydrogens is 272 g/mol. The topological polar surface area (TPSA) is 84.9 Å². The van der Waals surface area contributed by atoms with Crippen LogP contribution in [0.15, 0.2) is 18.2 Å². The molecule has 0 radical (unpaired) electrons. The smallest absolute Gasteiger partial charge is 0.315 e. The number of benzene rings is 1. The van der Waals surface area contributed by atoms with Crippen LogP contribution < -0.4 is 10.6 Å². The van der Waals surface area contributed by atoms with Crippen LogP contribution in [0.1, 0.15) is 6.42 Å². The van der Waals surface area contributed by atoms with Gasteiger partial charge >= 0.3 is 5.69 Å². The lowest BCUT2D eigenvalue weighted by Crippen LogP contribution is -2.44. The van der Waals surface area contributed by atoms with Crippen LogP contribution in [-0.2, 0) is 4.74 Å². The van der Waals surface area contributed by atoms with Crippen molar-refractivity contribution in [2.45, 2.75) is 12.5 Å². The van der Waals surface area contributed by atoms with Crippen molar-refractivity contribution in [1.29, 1.82) is 0 Å². The summed E-state index contributed by atoms with van der Waals surface area (Å²) in [6, 6.07) is 5.59. The number of nitrogens with two attached hydrogens (primary N) is 1. The number of nitro groups is 1. The first-order chi connectivity index (χ1) is 10.2. The summed E-state index contributed by atoms with van der Waals surface area (Å²) in [6.45, 7) is 5.07. The fourth-order valence-corrected chi connectivity index (χ4v) is 3.20. The molecule has 2 heterocycles. The van der Waals surface area contributed by atoms with Gasteiger partial charge in [0.05, 0.1) is 18.1 Å². The Bertz CT molecular complexity index is 531. The van der Waals surface area contributed by atoms with E-state index in [-0.39, 0.29) is 16.3 Å². The van der Waals surface area contributed by atoms with E-state index in [2.05, 4.69) is 9.80 Å². The fraction of sp³-hybridized carbons (Fsp3) is 0.571. The average molecular weight is 292 g/mol. The van der Waals surface area contributed by atoms with Crippen molar-refractivity contribution < 1.29 is 9.66 Å². The van der Waals surface area contributed by atoms with Gasteiger partial charge in [0.1, 0.15) is 11.4 Å². The Balaban J connectivity index is 1.77. The highest BCUT2D eigenvalue weighted by Gasteiger charge is 2.32. The van der Waals surface area contributed by atoms with Gasteiger partial charge in [-0.1, -0.05) is 6.07 Å². The van der Waals surface area contributed by atoms with Gasteiger partial charge in [0, 0.05) is 32.2 Å². The Hall–Kier alpha value is -1.86. The summed E-state index contributed by atoms with van der Waals surface area (Å²) in [4.78, 5) is 15.4. The number of hydrogen-bond donors (Lipinski definition) is 1. The lowest BCUT2D eigenvalue weighted by molar-refractivity contribution is -0.383. The summed E-state index contributed by atoms with van der Waals surface area (Å²) in [5, 5.41) is 11.3. The highest BCUT2D eigenvalue weighted by atomic mass is 16.6. The van der Waals surface area contributed by atoms with Crippen molar-refractivity contribution in [2.24, 2.45) is 0 Å². The van der Waals surface area contributed by atoms with Crippen LogP contribution in [0.2, 0.25) is 0 Å². The Morgan fingerprint density at radius 2 is 2.05 bits per heavy atom. The van der Waals surface area contributed by atoms with Crippen molar-refractivity contribution in [2.75, 3.05) is 50.0 Å². The number of para-hydroxylation sites is 1. The van der Waals surface area contributed by atoms with E-state index < -0.39 is 0 Å². The van der Waals surface area contributed by atoms with E-state index in [1.165, 1.54) is 0 Å². The molecule has 3 rings (SSSR count). The standard InChI is InChI=1S/C14H20N4O3/c15-12-2-1-3-13(14(12)18(19)20)17-5-4-11(10-17)16-6-8-21-9-7-16/h1-3,11H,4-10,15H2. The molecule has 114 valence electrons. The second-order valence-electron chi connectivity index (χ2n) is 5.51. The number of nitrogens with zero attached hydrogens (tertiary/aromatic N) is 3. The maximum atomic E-state index is 11.3. The van der Waals surface area contributed by atoms with Gasteiger partial charge in [-0.3, -0.25) is 15.0 Å². The zero-order chi connectivity index (χ0) is 14.8. The highest BCUT2D eigenvalue weighted by Crippen LogP contribution is 2.35. The van der Waals surface area contributed by atoms with Crippen molar-refractivity contribution in [3.8, 4) is 0 Å². The molecule has 0 saturated carbocycles. The van der Waals surface area contributed by atoms with Gasteiger partial charge in [-0.2, -0.15) is 0 Å². The third-order valence-electron chi connectivity index (χ3n) is 4.29. The van der Waals surface area contributed by atoms with Gasteiger partial charge in [0.25, 0.3) is 0 Å². The normalized spacial score (nSPS) is 23.4. The molecule has 0 aliphatic carbocycles. The highest BCUT2D eigenvalue weighted by molar-refractivity contribution is 5.75. The van der Waals surface area contributed by atoms with E-state index in [1.807, 2.05) is 0 Å². The minimum atomic E-state index is -0.382. The van der Waals surface area contributed by atoms with Crippen molar-refractivity contribution >= 4 is 17.1 Å². The number of anilines is 2. The summed E-state index contributed by atoms with van der Waals surface area (Å²) >= 11 is 0. The van der Waals surface area contributed by atoms with Crippen LogP contribution in [0.4, 0.5) is 17.1 Å². The summed E-state index contributed by atoms with van der Waals surface area (Å²) in [5.41, 5.74) is 6.66. The minimum Gasteiger partial charge on any atom is -0.393 e. The number of morpholine rings is 1. The Morgan fingerprint density at radius 1 is 1.29 bits per heavy atom. The molecule has 1 atom stereocenters. The number of nitrogen functional groups attached to an aromatic ring is 1. The quantitative estimate of drug-likeness (QED) is 0.510. The van der Waals surface area contributed by atoms with Gasteiger partial charge in [-0.05, 0) is 18.6 Å². The number of ether oxygens (including phenoxy) is 1. The molecule has 2 aliphatic rings. The molecular formula is C14H20N4O3. The molecule has 2 aliphatic heterocycles. The largest absolute Gasteiger partial charge is 0.393 e. The first kappa shape index (κ1) is 14.1. The average Bonchev–Trinajstić information content (AvgIpc) is 2.97. The molecule has 0 spiro atoms. The maximum absolute atomic E-state index is 11.3. The van der Waals surface area contributed by atoms with Crippen molar-refractivity contribution in [1.82, 2.24) is 4.90 Å². The van der Waals surface area contributed by atoms with Gasteiger partial charge in [-0.15, -0.1) is 0 Å². The van der Waals surface area contributed by atoms with Crippen LogP contribution in [-0.4, -0.2) is 55.3 Å². The fourth-order valence-electron chi connectivity index (χ4n) is 3.20. The van der Waals surface area contributed by atoms with Crippen LogP contribution in [0.25, 0.3) is 0 Å².